The van der Waals surface area contributed by atoms with Crippen LogP contribution in [0.3, 0.4) is 0 Å². The van der Waals surface area contributed by atoms with Crippen LogP contribution in [0.25, 0.3) is 0 Å². The molecule has 2 aromatic rings. The van der Waals surface area contributed by atoms with Crippen LogP contribution in [-0.4, -0.2) is 14.2 Å². The zero-order valence-corrected chi connectivity index (χ0v) is 11.0. The zero-order chi connectivity index (χ0) is 12.1. The summed E-state index contributed by atoms with van der Waals surface area (Å²) in [6.07, 6.45) is 0.942. The van der Waals surface area contributed by atoms with Gasteiger partial charge in [0.25, 0.3) is 0 Å². The summed E-state index contributed by atoms with van der Waals surface area (Å²) >= 11 is 1.73. The van der Waals surface area contributed by atoms with E-state index in [1.165, 1.54) is 11.1 Å². The van der Waals surface area contributed by atoms with E-state index in [1.54, 1.807) is 18.4 Å². The predicted molar refractivity (Wildman–Crippen MR) is 72.8 cm³/mol. The fraction of sp³-hybridized carbons (Fsp3) is 0.286. The minimum absolute atomic E-state index is 0.345. The Bertz CT molecular complexity index is 453. The standard InChI is InChI=1S/C14H17NOS/c1-15-13(12-7-8-17-10-12)9-11-5-3-4-6-14(11)16-2/h3-8,10,13,15H,9H2,1-2H3. The second kappa shape index (κ2) is 5.84. The van der Waals surface area contributed by atoms with Crippen LogP contribution in [-0.2, 0) is 6.42 Å². The van der Waals surface area contributed by atoms with E-state index in [0.29, 0.717) is 6.04 Å². The van der Waals surface area contributed by atoms with Crippen LogP contribution in [0.1, 0.15) is 17.2 Å². The van der Waals surface area contributed by atoms with Crippen LogP contribution < -0.4 is 10.1 Å². The van der Waals surface area contributed by atoms with Gasteiger partial charge in [-0.3, -0.25) is 0 Å². The highest BCUT2D eigenvalue weighted by Crippen LogP contribution is 2.25. The molecule has 0 aliphatic carbocycles. The molecule has 2 nitrogen and oxygen atoms in total. The molecule has 0 saturated heterocycles. The van der Waals surface area contributed by atoms with Gasteiger partial charge in [-0.25, -0.2) is 0 Å². The fourth-order valence-corrected chi connectivity index (χ4v) is 2.67. The average Bonchev–Trinajstić information content (AvgIpc) is 2.90. The predicted octanol–water partition coefficient (Wildman–Crippen LogP) is 3.26. The van der Waals surface area contributed by atoms with Crippen LogP contribution in [0, 0.1) is 0 Å². The number of ether oxygens (including phenoxy) is 1. The van der Waals surface area contributed by atoms with Crippen molar-refractivity contribution < 1.29 is 4.74 Å². The lowest BCUT2D eigenvalue weighted by Gasteiger charge is -2.16. The molecule has 1 heterocycles. The Hall–Kier alpha value is -1.32. The SMILES string of the molecule is CNC(Cc1ccccc1OC)c1ccsc1. The molecule has 17 heavy (non-hydrogen) atoms. The molecule has 0 aliphatic heterocycles. The minimum Gasteiger partial charge on any atom is -0.496 e. The van der Waals surface area contributed by atoms with Crippen LogP contribution in [0.2, 0.25) is 0 Å². The van der Waals surface area contributed by atoms with E-state index in [4.69, 9.17) is 4.74 Å². The average molecular weight is 247 g/mol. The van der Waals surface area contributed by atoms with Crippen molar-refractivity contribution in [3.05, 3.63) is 52.2 Å². The molecular weight excluding hydrogens is 230 g/mol. The lowest BCUT2D eigenvalue weighted by molar-refractivity contribution is 0.406. The molecule has 1 N–H and O–H groups in total. The Labute approximate surface area is 106 Å². The second-order valence-corrected chi connectivity index (χ2v) is 4.69. The first-order valence-corrected chi connectivity index (χ1v) is 6.60. The molecule has 2 rings (SSSR count). The monoisotopic (exact) mass is 247 g/mol. The number of likely N-dealkylation sites (N-methyl/N-ethyl adjacent to an activating group) is 1. The summed E-state index contributed by atoms with van der Waals surface area (Å²) in [7, 11) is 3.72. The van der Waals surface area contributed by atoms with E-state index in [9.17, 15) is 0 Å². The molecule has 0 saturated carbocycles. The van der Waals surface area contributed by atoms with Crippen LogP contribution in [0.4, 0.5) is 0 Å². The second-order valence-electron chi connectivity index (χ2n) is 3.91. The van der Waals surface area contributed by atoms with Crippen molar-refractivity contribution in [2.75, 3.05) is 14.2 Å². The maximum Gasteiger partial charge on any atom is 0.122 e. The quantitative estimate of drug-likeness (QED) is 0.875. The maximum absolute atomic E-state index is 5.38. The Morgan fingerprint density at radius 1 is 1.29 bits per heavy atom. The van der Waals surface area contributed by atoms with Crippen molar-refractivity contribution in [1.29, 1.82) is 0 Å². The summed E-state index contributed by atoms with van der Waals surface area (Å²) in [5.41, 5.74) is 2.57. The maximum atomic E-state index is 5.38. The number of thiophene rings is 1. The van der Waals surface area contributed by atoms with Crippen LogP contribution in [0.5, 0.6) is 5.75 Å². The summed E-state index contributed by atoms with van der Waals surface area (Å²) in [6.45, 7) is 0. The molecule has 0 radical (unpaired) electrons. The smallest absolute Gasteiger partial charge is 0.122 e. The molecule has 0 aliphatic rings. The molecule has 0 fully saturated rings. The first-order valence-electron chi connectivity index (χ1n) is 5.66. The number of methoxy groups -OCH3 is 1. The van der Waals surface area contributed by atoms with Crippen molar-refractivity contribution >= 4 is 11.3 Å². The minimum atomic E-state index is 0.345. The summed E-state index contributed by atoms with van der Waals surface area (Å²) in [5, 5.41) is 7.66. The molecule has 3 heteroatoms. The van der Waals surface area contributed by atoms with Gasteiger partial charge in [0.05, 0.1) is 7.11 Å². The number of hydrogen-bond acceptors (Lipinski definition) is 3. The van der Waals surface area contributed by atoms with Gasteiger partial charge in [0, 0.05) is 6.04 Å². The lowest BCUT2D eigenvalue weighted by Crippen LogP contribution is -2.18. The largest absolute Gasteiger partial charge is 0.496 e. The third-order valence-corrected chi connectivity index (χ3v) is 3.61. The summed E-state index contributed by atoms with van der Waals surface area (Å²) in [6, 6.07) is 10.7. The first-order chi connectivity index (χ1) is 8.35. The Morgan fingerprint density at radius 3 is 2.76 bits per heavy atom. The lowest BCUT2D eigenvalue weighted by atomic mass is 10.0. The number of rotatable bonds is 5. The molecule has 1 atom stereocenters. The molecular formula is C14H17NOS. The van der Waals surface area contributed by atoms with Crippen molar-refractivity contribution in [1.82, 2.24) is 5.32 Å². The molecule has 1 aromatic carbocycles. The van der Waals surface area contributed by atoms with Crippen molar-refractivity contribution in [3.8, 4) is 5.75 Å². The molecule has 90 valence electrons. The highest BCUT2D eigenvalue weighted by molar-refractivity contribution is 7.07. The zero-order valence-electron chi connectivity index (χ0n) is 10.1. The summed E-state index contributed by atoms with van der Waals surface area (Å²) in [4.78, 5) is 0. The van der Waals surface area contributed by atoms with Gasteiger partial charge in [-0.1, -0.05) is 18.2 Å². The van der Waals surface area contributed by atoms with E-state index in [1.807, 2.05) is 19.2 Å². The van der Waals surface area contributed by atoms with Gasteiger partial charge < -0.3 is 10.1 Å². The van der Waals surface area contributed by atoms with Gasteiger partial charge in [0.1, 0.15) is 5.75 Å². The normalized spacial score (nSPS) is 12.4. The topological polar surface area (TPSA) is 21.3 Å². The highest BCUT2D eigenvalue weighted by Gasteiger charge is 2.12. The van der Waals surface area contributed by atoms with Crippen LogP contribution >= 0.6 is 11.3 Å². The van der Waals surface area contributed by atoms with Gasteiger partial charge in [-0.15, -0.1) is 0 Å². The third kappa shape index (κ3) is 2.87. The molecule has 0 bridgehead atoms. The number of benzene rings is 1. The van der Waals surface area contributed by atoms with Gasteiger partial charge in [0.2, 0.25) is 0 Å². The van der Waals surface area contributed by atoms with Crippen LogP contribution in [0.15, 0.2) is 41.1 Å². The summed E-state index contributed by atoms with van der Waals surface area (Å²) < 4.78 is 5.38. The molecule has 0 amide bonds. The van der Waals surface area contributed by atoms with Crippen molar-refractivity contribution in [2.45, 2.75) is 12.5 Å². The number of para-hydroxylation sites is 1. The summed E-state index contributed by atoms with van der Waals surface area (Å²) in [5.74, 6) is 0.961. The van der Waals surface area contributed by atoms with Gasteiger partial charge in [0.15, 0.2) is 0 Å². The van der Waals surface area contributed by atoms with Gasteiger partial charge >= 0.3 is 0 Å². The van der Waals surface area contributed by atoms with E-state index in [0.717, 1.165) is 12.2 Å². The first kappa shape index (κ1) is 12.1. The van der Waals surface area contributed by atoms with E-state index in [-0.39, 0.29) is 0 Å². The Morgan fingerprint density at radius 2 is 2.12 bits per heavy atom. The fourth-order valence-electron chi connectivity index (χ4n) is 1.95. The number of nitrogens with one attached hydrogen (secondary N) is 1. The van der Waals surface area contributed by atoms with Gasteiger partial charge in [-0.05, 0) is 47.5 Å². The van der Waals surface area contributed by atoms with Crippen molar-refractivity contribution in [3.63, 3.8) is 0 Å². The Balaban J connectivity index is 2.18. The van der Waals surface area contributed by atoms with Gasteiger partial charge in [-0.2, -0.15) is 11.3 Å². The van der Waals surface area contributed by atoms with E-state index in [2.05, 4.69) is 34.3 Å². The number of hydrogen-bond donors (Lipinski definition) is 1. The van der Waals surface area contributed by atoms with E-state index >= 15 is 0 Å². The highest BCUT2D eigenvalue weighted by atomic mass is 32.1. The Kier molecular flexibility index (Phi) is 4.18. The molecule has 1 aromatic heterocycles. The molecule has 1 unspecified atom stereocenters. The third-order valence-electron chi connectivity index (χ3n) is 2.91. The van der Waals surface area contributed by atoms with E-state index < -0.39 is 0 Å². The molecule has 0 spiro atoms. The van der Waals surface area contributed by atoms with Crippen molar-refractivity contribution in [2.24, 2.45) is 0 Å².